The third-order valence-corrected chi connectivity index (χ3v) is 4.02. The number of pyridine rings is 1. The minimum Gasteiger partial charge on any atom is -0.468 e. The van der Waals surface area contributed by atoms with E-state index in [0.717, 1.165) is 5.56 Å². The molecule has 2 N–H and O–H groups in total. The lowest BCUT2D eigenvalue weighted by atomic mass is 10.2. The van der Waals surface area contributed by atoms with Crippen molar-refractivity contribution in [3.8, 4) is 5.88 Å². The van der Waals surface area contributed by atoms with E-state index in [-0.39, 0.29) is 18.3 Å². The molecule has 0 radical (unpaired) electrons. The summed E-state index contributed by atoms with van der Waals surface area (Å²) in [5.41, 5.74) is 1.62. The smallest absolute Gasteiger partial charge is 0.422 e. The van der Waals surface area contributed by atoms with Gasteiger partial charge in [0.1, 0.15) is 0 Å². The summed E-state index contributed by atoms with van der Waals surface area (Å²) in [5.74, 6) is 0.701. The highest BCUT2D eigenvalue weighted by molar-refractivity contribution is 5.79. The van der Waals surface area contributed by atoms with Crippen molar-refractivity contribution >= 4 is 5.96 Å². The summed E-state index contributed by atoms with van der Waals surface area (Å²) in [6.07, 6.45) is -3.03. The third-order valence-electron chi connectivity index (χ3n) is 4.02. The van der Waals surface area contributed by atoms with Crippen LogP contribution in [-0.2, 0) is 17.9 Å². The first-order valence-electron chi connectivity index (χ1n) is 9.57. The van der Waals surface area contributed by atoms with Gasteiger partial charge in [0.25, 0.3) is 0 Å². The van der Waals surface area contributed by atoms with E-state index in [2.05, 4.69) is 27.5 Å². The highest BCUT2D eigenvalue weighted by Gasteiger charge is 2.29. The molecule has 0 bridgehead atoms. The molecule has 1 unspecified atom stereocenters. The molecule has 164 valence electrons. The van der Waals surface area contributed by atoms with Gasteiger partial charge in [-0.1, -0.05) is 43.3 Å². The zero-order valence-electron chi connectivity index (χ0n) is 17.1. The Morgan fingerprint density at radius 1 is 1.13 bits per heavy atom. The van der Waals surface area contributed by atoms with Crippen LogP contribution >= 0.6 is 0 Å². The first-order valence-corrected chi connectivity index (χ1v) is 9.57. The Bertz CT molecular complexity index is 785. The van der Waals surface area contributed by atoms with Gasteiger partial charge in [-0.25, -0.2) is 4.98 Å². The Labute approximate surface area is 174 Å². The molecule has 30 heavy (non-hydrogen) atoms. The summed E-state index contributed by atoms with van der Waals surface area (Å²) < 4.78 is 47.7. The molecule has 0 saturated carbocycles. The van der Waals surface area contributed by atoms with E-state index < -0.39 is 12.8 Å². The largest absolute Gasteiger partial charge is 0.468 e. The van der Waals surface area contributed by atoms with Gasteiger partial charge in [0.15, 0.2) is 12.6 Å². The summed E-state index contributed by atoms with van der Waals surface area (Å²) in [4.78, 5) is 8.01. The molecule has 1 aromatic carbocycles. The second-order valence-electron chi connectivity index (χ2n) is 6.78. The summed E-state index contributed by atoms with van der Waals surface area (Å²) in [6, 6.07) is 13.2. The summed E-state index contributed by atoms with van der Waals surface area (Å²) in [6.45, 7) is 2.65. The average molecular weight is 424 g/mol. The van der Waals surface area contributed by atoms with Gasteiger partial charge in [0, 0.05) is 31.9 Å². The van der Waals surface area contributed by atoms with Crippen molar-refractivity contribution in [1.29, 1.82) is 0 Å². The molecule has 6 nitrogen and oxygen atoms in total. The van der Waals surface area contributed by atoms with Gasteiger partial charge < -0.3 is 20.1 Å². The Hall–Kier alpha value is -2.81. The van der Waals surface area contributed by atoms with Crippen molar-refractivity contribution in [3.63, 3.8) is 0 Å². The van der Waals surface area contributed by atoms with E-state index in [1.165, 1.54) is 6.20 Å². The van der Waals surface area contributed by atoms with Crippen molar-refractivity contribution < 1.29 is 22.6 Å². The van der Waals surface area contributed by atoms with Crippen molar-refractivity contribution in [1.82, 2.24) is 15.6 Å². The maximum atomic E-state index is 12.4. The number of aliphatic imine (C=N–C) groups is 1. The predicted octanol–water partition coefficient (Wildman–Crippen LogP) is 3.54. The van der Waals surface area contributed by atoms with Crippen LogP contribution in [0.2, 0.25) is 0 Å². The van der Waals surface area contributed by atoms with Gasteiger partial charge in [0.2, 0.25) is 5.88 Å². The molecule has 1 heterocycles. The van der Waals surface area contributed by atoms with Gasteiger partial charge in [-0.05, 0) is 17.5 Å². The lowest BCUT2D eigenvalue weighted by molar-refractivity contribution is -0.154. The minimum atomic E-state index is -4.42. The fourth-order valence-corrected chi connectivity index (χ4v) is 2.52. The van der Waals surface area contributed by atoms with Crippen LogP contribution < -0.4 is 15.4 Å². The second kappa shape index (κ2) is 12.0. The molecular formula is C21H27F3N4O2. The molecule has 0 saturated heterocycles. The van der Waals surface area contributed by atoms with E-state index in [1.54, 1.807) is 19.2 Å². The number of nitrogens with one attached hydrogen (secondary N) is 2. The van der Waals surface area contributed by atoms with E-state index in [0.29, 0.717) is 31.3 Å². The maximum Gasteiger partial charge on any atom is 0.422 e. The zero-order valence-corrected chi connectivity index (χ0v) is 17.1. The maximum absolute atomic E-state index is 12.4. The lowest BCUT2D eigenvalue weighted by Gasteiger charge is -2.17. The van der Waals surface area contributed by atoms with Gasteiger partial charge >= 0.3 is 6.18 Å². The van der Waals surface area contributed by atoms with Crippen LogP contribution in [0.3, 0.4) is 0 Å². The Morgan fingerprint density at radius 2 is 1.90 bits per heavy atom. The summed E-state index contributed by atoms with van der Waals surface area (Å²) >= 11 is 0. The molecule has 1 atom stereocenters. The Balaban J connectivity index is 1.74. The van der Waals surface area contributed by atoms with Crippen LogP contribution in [0.15, 0.2) is 53.7 Å². The van der Waals surface area contributed by atoms with Gasteiger partial charge in [-0.3, -0.25) is 4.99 Å². The molecule has 0 amide bonds. The Kier molecular flexibility index (Phi) is 9.40. The minimum absolute atomic E-state index is 0.0551. The van der Waals surface area contributed by atoms with Crippen LogP contribution in [0.4, 0.5) is 13.2 Å². The first kappa shape index (κ1) is 23.5. The molecule has 0 fully saturated rings. The molecule has 2 aromatic rings. The number of guanidine groups is 1. The van der Waals surface area contributed by atoms with Crippen molar-refractivity contribution in [2.45, 2.75) is 26.3 Å². The second-order valence-corrected chi connectivity index (χ2v) is 6.78. The zero-order chi connectivity index (χ0) is 21.8. The molecule has 9 heteroatoms. The van der Waals surface area contributed by atoms with E-state index >= 15 is 0 Å². The lowest BCUT2D eigenvalue weighted by Crippen LogP contribution is -2.39. The number of nitrogens with zero attached hydrogens (tertiary/aromatic N) is 2. The number of aromatic nitrogens is 1. The highest BCUT2D eigenvalue weighted by Crippen LogP contribution is 2.19. The average Bonchev–Trinajstić information content (AvgIpc) is 2.73. The first-order chi connectivity index (χ1) is 14.4. The number of hydrogen-bond donors (Lipinski definition) is 2. The number of halogens is 3. The predicted molar refractivity (Wildman–Crippen MR) is 109 cm³/mol. The molecule has 0 aliphatic carbocycles. The Morgan fingerprint density at radius 3 is 2.60 bits per heavy atom. The number of benzene rings is 1. The van der Waals surface area contributed by atoms with Crippen LogP contribution in [0.1, 0.15) is 18.1 Å². The normalized spacial score (nSPS) is 13.0. The highest BCUT2D eigenvalue weighted by atomic mass is 19.4. The van der Waals surface area contributed by atoms with Gasteiger partial charge in [-0.15, -0.1) is 0 Å². The van der Waals surface area contributed by atoms with Crippen LogP contribution in [0.5, 0.6) is 5.88 Å². The monoisotopic (exact) mass is 424 g/mol. The fraction of sp³-hybridized carbons (Fsp3) is 0.429. The van der Waals surface area contributed by atoms with Crippen molar-refractivity contribution in [2.24, 2.45) is 10.9 Å². The van der Waals surface area contributed by atoms with E-state index in [4.69, 9.17) is 9.47 Å². The quantitative estimate of drug-likeness (QED) is 0.451. The van der Waals surface area contributed by atoms with Crippen LogP contribution in [0.25, 0.3) is 0 Å². The molecule has 0 aliphatic rings. The van der Waals surface area contributed by atoms with Gasteiger partial charge in [0.05, 0.1) is 13.2 Å². The molecule has 1 aromatic heterocycles. The van der Waals surface area contributed by atoms with Crippen molar-refractivity contribution in [2.75, 3.05) is 26.8 Å². The molecule has 0 spiro atoms. The standard InChI is InChI=1S/C21H27F3N4O2/c1-16(13-29-14-17-7-4-3-5-8-17)11-27-20(25-2)28-12-18-9-6-10-26-19(18)30-15-21(22,23)24/h3-10,16H,11-15H2,1-2H3,(H2,25,27,28). The summed E-state index contributed by atoms with van der Waals surface area (Å²) in [5, 5.41) is 6.24. The molecule has 0 aliphatic heterocycles. The summed E-state index contributed by atoms with van der Waals surface area (Å²) in [7, 11) is 1.62. The number of rotatable bonds is 10. The number of ether oxygens (including phenoxy) is 2. The topological polar surface area (TPSA) is 67.8 Å². The van der Waals surface area contributed by atoms with Crippen LogP contribution in [0, 0.1) is 5.92 Å². The SMILES string of the molecule is CN=C(NCc1cccnc1OCC(F)(F)F)NCC(C)COCc1ccccc1. The van der Waals surface area contributed by atoms with Gasteiger partial charge in [-0.2, -0.15) is 13.2 Å². The third kappa shape index (κ3) is 9.13. The number of hydrogen-bond acceptors (Lipinski definition) is 4. The van der Waals surface area contributed by atoms with Crippen molar-refractivity contribution in [3.05, 3.63) is 59.8 Å². The molecular weight excluding hydrogens is 397 g/mol. The fourth-order valence-electron chi connectivity index (χ4n) is 2.52. The van der Waals surface area contributed by atoms with E-state index in [9.17, 15) is 13.2 Å². The molecule has 2 rings (SSSR count). The van der Waals surface area contributed by atoms with Crippen LogP contribution in [-0.4, -0.2) is 43.9 Å². The van der Waals surface area contributed by atoms with E-state index in [1.807, 2.05) is 30.3 Å². The number of alkyl halides is 3.